The normalized spacial score (nSPS) is 17.7. The second-order valence-electron chi connectivity index (χ2n) is 4.09. The van der Waals surface area contributed by atoms with Crippen LogP contribution in [0.3, 0.4) is 0 Å². The van der Waals surface area contributed by atoms with Crippen LogP contribution in [-0.4, -0.2) is 18.9 Å². The van der Waals surface area contributed by atoms with Crippen LogP contribution in [0.4, 0.5) is 0 Å². The number of methoxy groups -OCH3 is 1. The van der Waals surface area contributed by atoms with Crippen molar-refractivity contribution >= 4 is 17.4 Å². The zero-order chi connectivity index (χ0) is 13.1. The minimum Gasteiger partial charge on any atom is -0.497 e. The van der Waals surface area contributed by atoms with E-state index < -0.39 is 0 Å². The van der Waals surface area contributed by atoms with E-state index in [0.29, 0.717) is 12.0 Å². The summed E-state index contributed by atoms with van der Waals surface area (Å²) in [7, 11) is 1.61. The number of rotatable bonds is 3. The molecule has 0 aliphatic carbocycles. The average Bonchev–Trinajstić information content (AvgIpc) is 2.70. The highest BCUT2D eigenvalue weighted by molar-refractivity contribution is 6.17. The minimum absolute atomic E-state index is 0.175. The fourth-order valence-electron chi connectivity index (χ4n) is 2.11. The average molecular weight is 245 g/mol. The molecule has 0 spiro atoms. The van der Waals surface area contributed by atoms with Crippen molar-refractivity contribution in [1.29, 1.82) is 0 Å². The molecule has 0 saturated carbocycles. The van der Waals surface area contributed by atoms with E-state index in [1.54, 1.807) is 7.11 Å². The first-order chi connectivity index (χ1) is 8.65. The van der Waals surface area contributed by atoms with Crippen molar-refractivity contribution in [1.82, 2.24) is 5.32 Å². The van der Waals surface area contributed by atoms with Crippen LogP contribution in [0.5, 0.6) is 5.75 Å². The Bertz CT molecular complexity index is 514. The summed E-state index contributed by atoms with van der Waals surface area (Å²) in [5.41, 5.74) is 2.45. The van der Waals surface area contributed by atoms with Crippen LogP contribution < -0.4 is 10.1 Å². The molecule has 0 bridgehead atoms. The monoisotopic (exact) mass is 245 g/mol. The van der Waals surface area contributed by atoms with E-state index in [1.165, 1.54) is 0 Å². The van der Waals surface area contributed by atoms with Gasteiger partial charge in [-0.15, -0.1) is 0 Å². The third-order valence-corrected chi connectivity index (χ3v) is 3.02. The fraction of sp³-hybridized carbons (Fsp3) is 0.286. The van der Waals surface area contributed by atoms with Gasteiger partial charge in [0.1, 0.15) is 5.75 Å². The Morgan fingerprint density at radius 3 is 2.39 bits per heavy atom. The molecule has 1 aromatic rings. The summed E-state index contributed by atoms with van der Waals surface area (Å²) < 4.78 is 5.10. The van der Waals surface area contributed by atoms with Crippen LogP contribution in [0.2, 0.25) is 0 Å². The highest BCUT2D eigenvalue weighted by atomic mass is 16.5. The first-order valence-electron chi connectivity index (χ1n) is 5.86. The summed E-state index contributed by atoms with van der Waals surface area (Å²) in [4.78, 5) is 22.9. The number of imide groups is 1. The first kappa shape index (κ1) is 12.4. The summed E-state index contributed by atoms with van der Waals surface area (Å²) in [6.45, 7) is 1.97. The molecule has 0 radical (unpaired) electrons. The maximum Gasteiger partial charge on any atom is 0.254 e. The van der Waals surface area contributed by atoms with Crippen LogP contribution in [0.25, 0.3) is 5.57 Å². The predicted octanol–water partition coefficient (Wildman–Crippen LogP) is 1.91. The van der Waals surface area contributed by atoms with Gasteiger partial charge >= 0.3 is 0 Å². The Hall–Kier alpha value is -2.10. The Morgan fingerprint density at radius 1 is 1.28 bits per heavy atom. The highest BCUT2D eigenvalue weighted by Crippen LogP contribution is 2.28. The zero-order valence-electron chi connectivity index (χ0n) is 10.4. The van der Waals surface area contributed by atoms with Crippen molar-refractivity contribution in [3.8, 4) is 5.75 Å². The third-order valence-electron chi connectivity index (χ3n) is 3.02. The zero-order valence-corrected chi connectivity index (χ0v) is 10.4. The lowest BCUT2D eigenvalue weighted by molar-refractivity contribution is -0.124. The van der Waals surface area contributed by atoms with Gasteiger partial charge < -0.3 is 4.74 Å². The molecule has 1 aromatic carbocycles. The van der Waals surface area contributed by atoms with E-state index in [9.17, 15) is 9.59 Å². The van der Waals surface area contributed by atoms with Crippen molar-refractivity contribution in [2.45, 2.75) is 19.8 Å². The lowest BCUT2D eigenvalue weighted by Gasteiger charge is -2.08. The van der Waals surface area contributed by atoms with E-state index >= 15 is 0 Å². The predicted molar refractivity (Wildman–Crippen MR) is 68.0 cm³/mol. The van der Waals surface area contributed by atoms with Gasteiger partial charge in [0.2, 0.25) is 5.91 Å². The maximum atomic E-state index is 11.7. The lowest BCUT2D eigenvalue weighted by atomic mass is 9.96. The second kappa shape index (κ2) is 5.04. The molecular weight excluding hydrogens is 230 g/mol. The molecule has 4 nitrogen and oxygen atoms in total. The van der Waals surface area contributed by atoms with Crippen LogP contribution >= 0.6 is 0 Å². The number of amides is 2. The summed E-state index contributed by atoms with van der Waals surface area (Å²) in [5, 5.41) is 2.31. The largest absolute Gasteiger partial charge is 0.497 e. The molecule has 0 atom stereocenters. The maximum absolute atomic E-state index is 11.7. The number of hydrogen-bond acceptors (Lipinski definition) is 3. The van der Waals surface area contributed by atoms with E-state index in [-0.39, 0.29) is 18.2 Å². The molecule has 94 valence electrons. The van der Waals surface area contributed by atoms with Crippen molar-refractivity contribution in [3.05, 3.63) is 35.4 Å². The molecule has 18 heavy (non-hydrogen) atoms. The van der Waals surface area contributed by atoms with Crippen LogP contribution in [-0.2, 0) is 9.59 Å². The van der Waals surface area contributed by atoms with Gasteiger partial charge in [-0.25, -0.2) is 0 Å². The SMILES string of the molecule is CCC(=C1CC(=O)NC1=O)c1ccc(OC)cc1. The molecule has 0 aromatic heterocycles. The van der Waals surface area contributed by atoms with E-state index in [2.05, 4.69) is 5.32 Å². The fourth-order valence-corrected chi connectivity index (χ4v) is 2.11. The number of nitrogens with one attached hydrogen (secondary N) is 1. The number of allylic oxidation sites excluding steroid dienone is 1. The molecule has 1 aliphatic rings. The molecule has 1 aliphatic heterocycles. The summed E-state index contributed by atoms with van der Waals surface area (Å²) in [6.07, 6.45) is 0.885. The first-order valence-corrected chi connectivity index (χ1v) is 5.86. The number of benzene rings is 1. The topological polar surface area (TPSA) is 55.4 Å². The molecule has 1 N–H and O–H groups in total. The summed E-state index contributed by atoms with van der Waals surface area (Å²) in [5.74, 6) is 0.272. The lowest BCUT2D eigenvalue weighted by Crippen LogP contribution is -2.19. The quantitative estimate of drug-likeness (QED) is 0.653. The molecular formula is C14H15NO3. The number of carbonyl (C=O) groups is 2. The van der Waals surface area contributed by atoms with Gasteiger partial charge in [-0.2, -0.15) is 0 Å². The van der Waals surface area contributed by atoms with Gasteiger partial charge in [-0.1, -0.05) is 19.1 Å². The van der Waals surface area contributed by atoms with Gasteiger partial charge in [0.25, 0.3) is 5.91 Å². The molecule has 1 heterocycles. The van der Waals surface area contributed by atoms with Crippen LogP contribution in [0.1, 0.15) is 25.3 Å². The molecule has 4 heteroatoms. The molecule has 1 fully saturated rings. The van der Waals surface area contributed by atoms with Gasteiger partial charge in [-0.05, 0) is 29.7 Å². The van der Waals surface area contributed by atoms with E-state index in [4.69, 9.17) is 4.74 Å². The van der Waals surface area contributed by atoms with Crippen LogP contribution in [0.15, 0.2) is 29.8 Å². The highest BCUT2D eigenvalue weighted by Gasteiger charge is 2.26. The van der Waals surface area contributed by atoms with E-state index in [1.807, 2.05) is 31.2 Å². The van der Waals surface area contributed by atoms with E-state index in [0.717, 1.165) is 16.9 Å². The van der Waals surface area contributed by atoms with Gasteiger partial charge in [0.05, 0.1) is 13.5 Å². The molecule has 2 amide bonds. The molecule has 0 unspecified atom stereocenters. The number of ether oxygens (including phenoxy) is 1. The second-order valence-corrected chi connectivity index (χ2v) is 4.09. The number of carbonyl (C=O) groups excluding carboxylic acids is 2. The van der Waals surface area contributed by atoms with Crippen molar-refractivity contribution in [2.24, 2.45) is 0 Å². The van der Waals surface area contributed by atoms with Gasteiger partial charge in [0.15, 0.2) is 0 Å². The van der Waals surface area contributed by atoms with Gasteiger partial charge in [-0.3, -0.25) is 14.9 Å². The standard InChI is InChI=1S/C14H15NO3/c1-3-11(12-8-13(16)15-14(12)17)9-4-6-10(18-2)7-5-9/h4-7H,3,8H2,1-2H3,(H,15,16,17). The third kappa shape index (κ3) is 2.27. The van der Waals surface area contributed by atoms with Crippen molar-refractivity contribution in [3.63, 3.8) is 0 Å². The molecule has 2 rings (SSSR count). The van der Waals surface area contributed by atoms with Crippen LogP contribution in [0, 0.1) is 0 Å². The van der Waals surface area contributed by atoms with Crippen molar-refractivity contribution < 1.29 is 14.3 Å². The Labute approximate surface area is 106 Å². The Morgan fingerprint density at radius 2 is 1.94 bits per heavy atom. The molecule has 1 saturated heterocycles. The Balaban J connectivity index is 2.41. The smallest absolute Gasteiger partial charge is 0.254 e. The van der Waals surface area contributed by atoms with Crippen molar-refractivity contribution in [2.75, 3.05) is 7.11 Å². The Kier molecular flexibility index (Phi) is 3.46. The summed E-state index contributed by atoms with van der Waals surface area (Å²) in [6, 6.07) is 7.50. The van der Waals surface area contributed by atoms with Gasteiger partial charge in [0, 0.05) is 5.57 Å². The number of hydrogen-bond donors (Lipinski definition) is 1. The summed E-state index contributed by atoms with van der Waals surface area (Å²) >= 11 is 0. The minimum atomic E-state index is -0.271.